The number of anilines is 1. The molecule has 3 amide bonds. The molecule has 0 saturated carbocycles. The summed E-state index contributed by atoms with van der Waals surface area (Å²) in [5.41, 5.74) is 3.66. The van der Waals surface area contributed by atoms with Crippen LogP contribution < -0.4 is 10.6 Å². The average molecular weight is 564 g/mol. The highest BCUT2D eigenvalue weighted by molar-refractivity contribution is 8.02. The van der Waals surface area contributed by atoms with E-state index in [1.54, 1.807) is 16.7 Å². The lowest BCUT2D eigenvalue weighted by Crippen LogP contribution is -2.57. The van der Waals surface area contributed by atoms with Crippen LogP contribution in [0.15, 0.2) is 48.5 Å². The zero-order valence-corrected chi connectivity index (χ0v) is 24.8. The Hall–Kier alpha value is -2.84. The molecule has 3 aliphatic rings. The first kappa shape index (κ1) is 28.7. The molecule has 2 aromatic rings. The van der Waals surface area contributed by atoms with Gasteiger partial charge in [-0.3, -0.25) is 14.4 Å². The number of rotatable bonds is 9. The fraction of sp³-hybridized carbons (Fsp3) is 0.531. The number of nitrogens with one attached hydrogen (secondary N) is 2. The number of carbonyl (C=O) groups excluding carboxylic acids is 3. The second kappa shape index (κ2) is 11.2. The van der Waals surface area contributed by atoms with Crippen molar-refractivity contribution in [3.63, 3.8) is 0 Å². The van der Waals surface area contributed by atoms with E-state index < -0.39 is 28.7 Å². The minimum Gasteiger partial charge on any atom is -0.394 e. The molecular formula is C32H41N3O4S. The summed E-state index contributed by atoms with van der Waals surface area (Å²) in [5.74, 6) is -1.39. The SMILES string of the molecule is Cc1cccc(C)c1NC(=O)C1N([C@@H](CO)CC(C)C)C(=O)[C@@H]2[C@H](C(=O)NCc3ccccc3)[C@@H]3CC(C)C12S3. The Labute approximate surface area is 241 Å². The number of nitrogens with zero attached hydrogens (tertiary/aromatic N) is 1. The van der Waals surface area contributed by atoms with E-state index in [-0.39, 0.29) is 41.4 Å². The third-order valence-electron chi connectivity index (χ3n) is 9.12. The Morgan fingerprint density at radius 1 is 1.07 bits per heavy atom. The maximum Gasteiger partial charge on any atom is 0.248 e. The summed E-state index contributed by atoms with van der Waals surface area (Å²) in [6.07, 6.45) is 1.35. The lowest BCUT2D eigenvalue weighted by molar-refractivity contribution is -0.142. The smallest absolute Gasteiger partial charge is 0.248 e. The number of aliphatic hydroxyl groups excluding tert-OH is 1. The number of benzene rings is 2. The van der Waals surface area contributed by atoms with Crippen molar-refractivity contribution in [1.29, 1.82) is 0 Å². The molecule has 3 heterocycles. The number of aliphatic hydroxyl groups is 1. The summed E-state index contributed by atoms with van der Waals surface area (Å²) >= 11 is 1.66. The summed E-state index contributed by atoms with van der Waals surface area (Å²) in [6.45, 7) is 10.3. The van der Waals surface area contributed by atoms with E-state index in [1.807, 2.05) is 62.4 Å². The van der Waals surface area contributed by atoms with E-state index in [1.165, 1.54) is 0 Å². The monoisotopic (exact) mass is 563 g/mol. The topological polar surface area (TPSA) is 98.7 Å². The van der Waals surface area contributed by atoms with Crippen molar-refractivity contribution in [1.82, 2.24) is 10.2 Å². The minimum atomic E-state index is -0.781. The van der Waals surface area contributed by atoms with Gasteiger partial charge in [0.05, 0.1) is 29.2 Å². The van der Waals surface area contributed by atoms with Gasteiger partial charge in [-0.05, 0) is 55.2 Å². The standard InChI is InChI=1S/C32H41N3O4S/c1-18(2)14-23(17-36)35-28(30(38)34-27-19(3)10-9-11-20(27)4)32-21(5)15-24(40-32)25(26(32)31(35)39)29(37)33-16-22-12-7-6-8-13-22/h6-13,18,21,23-26,28,36H,14-17H2,1-5H3,(H,33,37)(H,34,38)/t21?,23-,24+,25-,26+,28?,32?/m1/s1. The van der Waals surface area contributed by atoms with Gasteiger partial charge < -0.3 is 20.6 Å². The highest BCUT2D eigenvalue weighted by Crippen LogP contribution is 2.69. The normalized spacial score (nSPS) is 29.5. The highest BCUT2D eigenvalue weighted by Gasteiger charge is 2.76. The van der Waals surface area contributed by atoms with E-state index in [0.29, 0.717) is 13.0 Å². The fourth-order valence-corrected chi connectivity index (χ4v) is 9.79. The van der Waals surface area contributed by atoms with Gasteiger partial charge in [-0.25, -0.2) is 0 Å². The molecule has 214 valence electrons. The second-order valence-corrected chi connectivity index (χ2v) is 13.8. The number of fused-ring (bicyclic) bond motifs is 1. The van der Waals surface area contributed by atoms with Gasteiger partial charge in [-0.2, -0.15) is 0 Å². The maximum absolute atomic E-state index is 14.4. The Kier molecular flexibility index (Phi) is 8.03. The summed E-state index contributed by atoms with van der Waals surface area (Å²) in [6, 6.07) is 14.3. The van der Waals surface area contributed by atoms with Crippen LogP contribution in [0.1, 0.15) is 50.3 Å². The number of hydrogen-bond donors (Lipinski definition) is 3. The number of likely N-dealkylation sites (tertiary alicyclic amines) is 1. The molecule has 3 aliphatic heterocycles. The molecule has 3 fully saturated rings. The number of aryl methyl sites for hydroxylation is 2. The third-order valence-corrected chi connectivity index (χ3v) is 11.2. The van der Waals surface area contributed by atoms with Crippen LogP contribution in [-0.2, 0) is 20.9 Å². The Morgan fingerprint density at radius 3 is 2.38 bits per heavy atom. The lowest BCUT2D eigenvalue weighted by atomic mass is 9.66. The summed E-state index contributed by atoms with van der Waals surface area (Å²) in [4.78, 5) is 44.2. The van der Waals surface area contributed by atoms with Crippen LogP contribution in [0.4, 0.5) is 5.69 Å². The second-order valence-electron chi connectivity index (χ2n) is 12.2. The van der Waals surface area contributed by atoms with Crippen molar-refractivity contribution < 1.29 is 19.5 Å². The number of thioether (sulfide) groups is 1. The van der Waals surface area contributed by atoms with E-state index in [2.05, 4.69) is 31.4 Å². The van der Waals surface area contributed by atoms with Crippen molar-refractivity contribution in [2.75, 3.05) is 11.9 Å². The first-order valence-corrected chi connectivity index (χ1v) is 15.3. The van der Waals surface area contributed by atoms with Crippen molar-refractivity contribution in [3.8, 4) is 0 Å². The van der Waals surface area contributed by atoms with Crippen LogP contribution in [0, 0.1) is 37.5 Å². The first-order chi connectivity index (χ1) is 19.1. The van der Waals surface area contributed by atoms with Crippen LogP contribution in [0.5, 0.6) is 0 Å². The molecule has 3 N–H and O–H groups in total. The fourth-order valence-electron chi connectivity index (χ4n) is 7.38. The molecule has 5 rings (SSSR count). The summed E-state index contributed by atoms with van der Waals surface area (Å²) < 4.78 is -0.735. The zero-order chi connectivity index (χ0) is 28.8. The van der Waals surface area contributed by atoms with Crippen molar-refractivity contribution in [3.05, 3.63) is 65.2 Å². The molecule has 2 bridgehead atoms. The molecule has 40 heavy (non-hydrogen) atoms. The predicted octanol–water partition coefficient (Wildman–Crippen LogP) is 4.30. The molecule has 7 nitrogen and oxygen atoms in total. The van der Waals surface area contributed by atoms with Gasteiger partial charge >= 0.3 is 0 Å². The van der Waals surface area contributed by atoms with Gasteiger partial charge in [0, 0.05) is 17.5 Å². The van der Waals surface area contributed by atoms with Gasteiger partial charge in [0.1, 0.15) is 6.04 Å². The maximum atomic E-state index is 14.4. The van der Waals surface area contributed by atoms with Gasteiger partial charge in [0.15, 0.2) is 0 Å². The molecule has 3 saturated heterocycles. The van der Waals surface area contributed by atoms with Crippen LogP contribution >= 0.6 is 11.8 Å². The van der Waals surface area contributed by atoms with Crippen LogP contribution in [-0.4, -0.2) is 56.4 Å². The summed E-state index contributed by atoms with van der Waals surface area (Å²) in [5, 5.41) is 16.7. The van der Waals surface area contributed by atoms with E-state index in [4.69, 9.17) is 0 Å². The molecule has 8 heteroatoms. The van der Waals surface area contributed by atoms with Gasteiger partial charge in [0.2, 0.25) is 17.7 Å². The number of hydrogen-bond acceptors (Lipinski definition) is 5. The van der Waals surface area contributed by atoms with E-state index >= 15 is 0 Å². The number of amides is 3. The quantitative estimate of drug-likeness (QED) is 0.423. The molecular weight excluding hydrogens is 522 g/mol. The Balaban J connectivity index is 1.52. The van der Waals surface area contributed by atoms with E-state index in [0.717, 1.165) is 28.8 Å². The van der Waals surface area contributed by atoms with Crippen LogP contribution in [0.3, 0.4) is 0 Å². The zero-order valence-electron chi connectivity index (χ0n) is 24.0. The first-order valence-electron chi connectivity index (χ1n) is 14.4. The number of carbonyl (C=O) groups is 3. The molecule has 0 aliphatic carbocycles. The molecule has 2 aromatic carbocycles. The van der Waals surface area contributed by atoms with Gasteiger partial charge in [-0.1, -0.05) is 69.3 Å². The largest absolute Gasteiger partial charge is 0.394 e. The molecule has 0 aromatic heterocycles. The van der Waals surface area contributed by atoms with Gasteiger partial charge in [0.25, 0.3) is 0 Å². The van der Waals surface area contributed by atoms with Crippen molar-refractivity contribution in [2.24, 2.45) is 23.7 Å². The summed E-state index contributed by atoms with van der Waals surface area (Å²) in [7, 11) is 0. The van der Waals surface area contributed by atoms with E-state index in [9.17, 15) is 19.5 Å². The predicted molar refractivity (Wildman–Crippen MR) is 159 cm³/mol. The van der Waals surface area contributed by atoms with Crippen LogP contribution in [0.2, 0.25) is 0 Å². The lowest BCUT2D eigenvalue weighted by Gasteiger charge is -2.40. The van der Waals surface area contributed by atoms with Crippen molar-refractivity contribution >= 4 is 35.2 Å². The molecule has 3 unspecified atom stereocenters. The minimum absolute atomic E-state index is 0.0324. The average Bonchev–Trinajstić information content (AvgIpc) is 3.52. The molecule has 1 spiro atoms. The van der Waals surface area contributed by atoms with Crippen molar-refractivity contribution in [2.45, 2.75) is 76.1 Å². The highest BCUT2D eigenvalue weighted by atomic mass is 32.2. The Morgan fingerprint density at radius 2 is 1.75 bits per heavy atom. The Bertz CT molecular complexity index is 1260. The van der Waals surface area contributed by atoms with Gasteiger partial charge in [-0.15, -0.1) is 11.8 Å². The molecule has 7 atom stereocenters. The molecule has 0 radical (unpaired) electrons. The third kappa shape index (κ3) is 4.73. The number of para-hydroxylation sites is 1. The van der Waals surface area contributed by atoms with Crippen LogP contribution in [0.25, 0.3) is 0 Å².